The van der Waals surface area contributed by atoms with E-state index in [1.807, 2.05) is 23.9 Å². The lowest BCUT2D eigenvalue weighted by Crippen LogP contribution is -2.31. The molecule has 6 heteroatoms. The summed E-state index contributed by atoms with van der Waals surface area (Å²) in [7, 11) is 12.0. The number of benzene rings is 1. The van der Waals surface area contributed by atoms with Gasteiger partial charge in [-0.25, -0.2) is 0 Å². The van der Waals surface area contributed by atoms with Gasteiger partial charge in [0, 0.05) is 45.4 Å². The highest BCUT2D eigenvalue weighted by Crippen LogP contribution is 2.28. The van der Waals surface area contributed by atoms with Gasteiger partial charge < -0.3 is 19.9 Å². The van der Waals surface area contributed by atoms with Crippen LogP contribution < -0.4 is 15.0 Å². The van der Waals surface area contributed by atoms with Crippen molar-refractivity contribution in [3.8, 4) is 5.75 Å². The standard InChI is InChI=1S/C19H31N5O/c1-14-16(19(23(4)5)24(6)21-14)12-20-13-17(22(2)3)15-10-8-9-11-18(15)25-7/h8-11,17,20H,12-13H2,1-7H3/t17-/m1/s1. The van der Waals surface area contributed by atoms with Crippen molar-refractivity contribution in [2.24, 2.45) is 7.05 Å². The topological polar surface area (TPSA) is 45.6 Å². The van der Waals surface area contributed by atoms with E-state index < -0.39 is 0 Å². The Hall–Kier alpha value is -2.05. The first kappa shape index (κ1) is 19.3. The molecule has 1 N–H and O–H groups in total. The molecule has 1 atom stereocenters. The van der Waals surface area contributed by atoms with Crippen LogP contribution in [0.1, 0.15) is 22.9 Å². The average molecular weight is 345 g/mol. The van der Waals surface area contributed by atoms with Crippen molar-refractivity contribution in [2.45, 2.75) is 19.5 Å². The van der Waals surface area contributed by atoms with Crippen LogP contribution in [0, 0.1) is 6.92 Å². The highest BCUT2D eigenvalue weighted by molar-refractivity contribution is 5.48. The Kier molecular flexibility index (Phi) is 6.45. The van der Waals surface area contributed by atoms with E-state index in [9.17, 15) is 0 Å². The number of likely N-dealkylation sites (N-methyl/N-ethyl adjacent to an activating group) is 1. The molecule has 0 radical (unpaired) electrons. The number of nitrogens with one attached hydrogen (secondary N) is 1. The molecule has 0 fully saturated rings. The van der Waals surface area contributed by atoms with Crippen molar-refractivity contribution in [1.82, 2.24) is 20.0 Å². The normalized spacial score (nSPS) is 12.5. The number of para-hydroxylation sites is 1. The summed E-state index contributed by atoms with van der Waals surface area (Å²) in [6.45, 7) is 3.68. The van der Waals surface area contributed by atoms with Gasteiger partial charge in [-0.15, -0.1) is 0 Å². The molecule has 1 aromatic heterocycles. The minimum Gasteiger partial charge on any atom is -0.496 e. The van der Waals surface area contributed by atoms with Crippen LogP contribution in [0.4, 0.5) is 5.82 Å². The van der Waals surface area contributed by atoms with Crippen molar-refractivity contribution < 1.29 is 4.74 Å². The molecule has 0 unspecified atom stereocenters. The highest BCUT2D eigenvalue weighted by Gasteiger charge is 2.19. The number of rotatable bonds is 8. The summed E-state index contributed by atoms with van der Waals surface area (Å²) in [4.78, 5) is 4.33. The van der Waals surface area contributed by atoms with Crippen LogP contribution >= 0.6 is 0 Å². The van der Waals surface area contributed by atoms with Gasteiger partial charge in [-0.1, -0.05) is 18.2 Å². The summed E-state index contributed by atoms with van der Waals surface area (Å²) in [5, 5.41) is 8.16. The van der Waals surface area contributed by atoms with Gasteiger partial charge in [0.15, 0.2) is 0 Å². The SMILES string of the molecule is COc1ccccc1[C@@H](CNCc1c(C)nn(C)c1N(C)C)N(C)C. The first-order valence-electron chi connectivity index (χ1n) is 8.56. The molecule has 1 aromatic carbocycles. The quantitative estimate of drug-likeness (QED) is 0.795. The molecule has 0 amide bonds. The van der Waals surface area contributed by atoms with Gasteiger partial charge >= 0.3 is 0 Å². The third-order valence-electron chi connectivity index (χ3n) is 4.50. The molecule has 25 heavy (non-hydrogen) atoms. The number of nitrogens with zero attached hydrogens (tertiary/aromatic N) is 4. The summed E-state index contributed by atoms with van der Waals surface area (Å²) >= 11 is 0. The molecule has 0 aliphatic rings. The van der Waals surface area contributed by atoms with Crippen LogP contribution in [0.25, 0.3) is 0 Å². The van der Waals surface area contributed by atoms with Gasteiger partial charge in [-0.3, -0.25) is 4.68 Å². The fourth-order valence-corrected chi connectivity index (χ4v) is 3.30. The largest absolute Gasteiger partial charge is 0.496 e. The second kappa shape index (κ2) is 8.36. The number of hydrogen-bond acceptors (Lipinski definition) is 5. The zero-order valence-electron chi connectivity index (χ0n) is 16.5. The third-order valence-corrected chi connectivity index (χ3v) is 4.50. The predicted octanol–water partition coefficient (Wildman–Crippen LogP) is 2.20. The molecule has 138 valence electrons. The molecule has 2 rings (SSSR count). The van der Waals surface area contributed by atoms with Crippen LogP contribution in [-0.4, -0.2) is 56.5 Å². The van der Waals surface area contributed by atoms with Crippen molar-refractivity contribution in [2.75, 3.05) is 46.7 Å². The number of ether oxygens (including phenoxy) is 1. The Labute approximate surface area is 151 Å². The van der Waals surface area contributed by atoms with E-state index in [1.165, 1.54) is 11.1 Å². The first-order chi connectivity index (χ1) is 11.9. The molecule has 6 nitrogen and oxygen atoms in total. The molecule has 0 spiro atoms. The molecule has 0 aliphatic carbocycles. The van der Waals surface area contributed by atoms with Crippen LogP contribution in [0.3, 0.4) is 0 Å². The zero-order chi connectivity index (χ0) is 18.6. The highest BCUT2D eigenvalue weighted by atomic mass is 16.5. The lowest BCUT2D eigenvalue weighted by molar-refractivity contribution is 0.279. The summed E-state index contributed by atoms with van der Waals surface area (Å²) < 4.78 is 7.48. The van der Waals surface area contributed by atoms with Gasteiger partial charge in [0.05, 0.1) is 18.8 Å². The van der Waals surface area contributed by atoms with Crippen LogP contribution in [-0.2, 0) is 13.6 Å². The number of hydrogen-bond donors (Lipinski definition) is 1. The minimum atomic E-state index is 0.232. The molecular weight excluding hydrogens is 314 g/mol. The molecule has 0 bridgehead atoms. The molecule has 1 heterocycles. The zero-order valence-corrected chi connectivity index (χ0v) is 16.5. The summed E-state index contributed by atoms with van der Waals surface area (Å²) in [5.41, 5.74) is 3.50. The Morgan fingerprint density at radius 1 is 1.20 bits per heavy atom. The Balaban J connectivity index is 2.14. The second-order valence-electron chi connectivity index (χ2n) is 6.76. The van der Waals surface area contributed by atoms with Crippen LogP contribution in [0.15, 0.2) is 24.3 Å². The molecule has 0 saturated heterocycles. The summed E-state index contributed by atoms with van der Waals surface area (Å²) in [5.74, 6) is 2.07. The van der Waals surface area contributed by atoms with E-state index in [0.717, 1.165) is 30.4 Å². The summed E-state index contributed by atoms with van der Waals surface area (Å²) in [6, 6.07) is 8.44. The molecular formula is C19H31N5O. The van der Waals surface area contributed by atoms with Gasteiger partial charge in [0.2, 0.25) is 0 Å². The van der Waals surface area contributed by atoms with E-state index in [0.29, 0.717) is 0 Å². The van der Waals surface area contributed by atoms with E-state index in [-0.39, 0.29) is 6.04 Å². The van der Waals surface area contributed by atoms with Gasteiger partial charge in [-0.05, 0) is 27.1 Å². The number of aryl methyl sites for hydroxylation is 2. The van der Waals surface area contributed by atoms with E-state index in [2.05, 4.69) is 67.5 Å². The van der Waals surface area contributed by atoms with Crippen LogP contribution in [0.5, 0.6) is 5.75 Å². The molecule has 0 aliphatic heterocycles. The first-order valence-corrected chi connectivity index (χ1v) is 8.56. The maximum atomic E-state index is 5.54. The lowest BCUT2D eigenvalue weighted by atomic mass is 10.0. The number of aromatic nitrogens is 2. The maximum absolute atomic E-state index is 5.54. The average Bonchev–Trinajstić information content (AvgIpc) is 2.85. The van der Waals surface area contributed by atoms with E-state index in [4.69, 9.17) is 4.74 Å². The Morgan fingerprint density at radius 2 is 1.88 bits per heavy atom. The summed E-state index contributed by atoms with van der Waals surface area (Å²) in [6.07, 6.45) is 0. The monoisotopic (exact) mass is 345 g/mol. The molecule has 0 saturated carbocycles. The van der Waals surface area contributed by atoms with Gasteiger partial charge in [0.25, 0.3) is 0 Å². The lowest BCUT2D eigenvalue weighted by Gasteiger charge is -2.27. The third kappa shape index (κ3) is 4.32. The fraction of sp³-hybridized carbons (Fsp3) is 0.526. The van der Waals surface area contributed by atoms with Crippen LogP contribution in [0.2, 0.25) is 0 Å². The Morgan fingerprint density at radius 3 is 2.48 bits per heavy atom. The van der Waals surface area contributed by atoms with Crippen molar-refractivity contribution in [3.63, 3.8) is 0 Å². The van der Waals surface area contributed by atoms with E-state index in [1.54, 1.807) is 7.11 Å². The predicted molar refractivity (Wildman–Crippen MR) is 103 cm³/mol. The number of anilines is 1. The van der Waals surface area contributed by atoms with E-state index >= 15 is 0 Å². The van der Waals surface area contributed by atoms with Gasteiger partial charge in [-0.2, -0.15) is 5.10 Å². The minimum absolute atomic E-state index is 0.232. The van der Waals surface area contributed by atoms with Crippen molar-refractivity contribution >= 4 is 5.82 Å². The molecule has 2 aromatic rings. The Bertz CT molecular complexity index is 693. The number of methoxy groups -OCH3 is 1. The second-order valence-corrected chi connectivity index (χ2v) is 6.76. The fourth-order valence-electron chi connectivity index (χ4n) is 3.30. The maximum Gasteiger partial charge on any atom is 0.130 e. The van der Waals surface area contributed by atoms with Crippen molar-refractivity contribution in [1.29, 1.82) is 0 Å². The van der Waals surface area contributed by atoms with Gasteiger partial charge in [0.1, 0.15) is 11.6 Å². The van der Waals surface area contributed by atoms with Crippen molar-refractivity contribution in [3.05, 3.63) is 41.1 Å². The smallest absolute Gasteiger partial charge is 0.130 e.